The van der Waals surface area contributed by atoms with Crippen molar-refractivity contribution in [2.24, 2.45) is 0 Å². The first-order valence-electron chi connectivity index (χ1n) is 14.3. The van der Waals surface area contributed by atoms with Gasteiger partial charge in [0.25, 0.3) is 5.91 Å². The molecule has 4 N–H and O–H groups in total. The van der Waals surface area contributed by atoms with Gasteiger partial charge in [-0.25, -0.2) is 0 Å². The van der Waals surface area contributed by atoms with E-state index in [0.29, 0.717) is 67.1 Å². The summed E-state index contributed by atoms with van der Waals surface area (Å²) >= 11 is 11.2. The molecule has 0 atom stereocenters. The van der Waals surface area contributed by atoms with Crippen molar-refractivity contribution in [1.82, 2.24) is 35.9 Å². The summed E-state index contributed by atoms with van der Waals surface area (Å²) in [5, 5.41) is 18.4. The predicted molar refractivity (Wildman–Crippen MR) is 169 cm³/mol. The van der Waals surface area contributed by atoms with Gasteiger partial charge in [0.05, 0.1) is 37.5 Å². The lowest BCUT2D eigenvalue weighted by atomic mass is 9.91. The number of aryl methyl sites for hydroxylation is 1. The number of carbonyl (C=O) groups is 1. The highest BCUT2D eigenvalue weighted by Crippen LogP contribution is 2.25. The number of halogens is 1. The van der Waals surface area contributed by atoms with Crippen molar-refractivity contribution in [1.29, 1.82) is 0 Å². The molecule has 0 saturated carbocycles. The number of nitrogens with zero attached hydrogens (tertiary/aromatic N) is 3. The Balaban J connectivity index is 1.37. The predicted octanol–water partition coefficient (Wildman–Crippen LogP) is 2.79. The number of ether oxygens (including phenoxy) is 1. The molecule has 42 heavy (non-hydrogen) atoms. The maximum Gasteiger partial charge on any atom is 0.275 e. The highest BCUT2D eigenvalue weighted by molar-refractivity contribution is 7.80. The molecule has 0 radical (unpaired) electrons. The second-order valence-corrected chi connectivity index (χ2v) is 12.3. The van der Waals surface area contributed by atoms with E-state index in [0.717, 1.165) is 42.6 Å². The van der Waals surface area contributed by atoms with Crippen molar-refractivity contribution < 1.29 is 9.53 Å². The number of aromatic nitrogens is 2. The summed E-state index contributed by atoms with van der Waals surface area (Å²) in [5.74, 6) is -0.489. The van der Waals surface area contributed by atoms with Crippen molar-refractivity contribution in [3.63, 3.8) is 0 Å². The standard InChI is InChI=1S/C30H38ClN7O3S/c1-30(2,38-18-33-29(42)34-19-38)9-7-22-15-21(17-37-11-13-41-14-12-37)16-24-25(22)35-36-26(27(24)39)28(40)32-10-8-20-3-5-23(31)6-4-20/h3-6,15-16H,7-14,17-19H2,1-2H3,(H,32,40)(H,35,39)(H2,33,34,42). The maximum atomic E-state index is 13.7. The lowest BCUT2D eigenvalue weighted by Crippen LogP contribution is -2.60. The van der Waals surface area contributed by atoms with Gasteiger partial charge in [-0.1, -0.05) is 29.8 Å². The molecule has 0 bridgehead atoms. The van der Waals surface area contributed by atoms with Gasteiger partial charge in [-0.15, -0.1) is 0 Å². The van der Waals surface area contributed by atoms with Crippen LogP contribution >= 0.6 is 23.8 Å². The lowest BCUT2D eigenvalue weighted by Gasteiger charge is -2.42. The topological polar surface area (TPSA) is 115 Å². The number of H-pyrrole nitrogens is 1. The largest absolute Gasteiger partial charge is 0.379 e. The minimum absolute atomic E-state index is 0.130. The van der Waals surface area contributed by atoms with Crippen LogP contribution in [0.4, 0.5) is 0 Å². The van der Waals surface area contributed by atoms with Crippen LogP contribution in [0.2, 0.25) is 5.02 Å². The van der Waals surface area contributed by atoms with Crippen LogP contribution in [0.1, 0.15) is 47.4 Å². The summed E-state index contributed by atoms with van der Waals surface area (Å²) in [5.41, 5.74) is 3.13. The van der Waals surface area contributed by atoms with E-state index in [2.05, 4.69) is 55.9 Å². The molecular weight excluding hydrogens is 574 g/mol. The number of carbonyl (C=O) groups excluding carboxylic acids is 1. The Morgan fingerprint density at radius 3 is 2.52 bits per heavy atom. The molecule has 2 aliphatic rings. The Bertz CT molecular complexity index is 1480. The van der Waals surface area contributed by atoms with Crippen LogP contribution < -0.4 is 21.4 Å². The number of benzene rings is 2. The molecule has 3 aromatic rings. The Hall–Kier alpha value is -3.09. The summed E-state index contributed by atoms with van der Waals surface area (Å²) in [7, 11) is 0. The molecular formula is C30H38ClN7O3S. The minimum Gasteiger partial charge on any atom is -0.379 e. The summed E-state index contributed by atoms with van der Waals surface area (Å²) in [6, 6.07) is 11.5. The van der Waals surface area contributed by atoms with Gasteiger partial charge in [0.1, 0.15) is 0 Å². The lowest BCUT2D eigenvalue weighted by molar-refractivity contribution is 0.0342. The fraction of sp³-hybridized carbons (Fsp3) is 0.467. The average molecular weight is 612 g/mol. The zero-order valence-electron chi connectivity index (χ0n) is 24.1. The third-order valence-electron chi connectivity index (χ3n) is 8.08. The first kappa shape index (κ1) is 30.4. The Morgan fingerprint density at radius 2 is 1.81 bits per heavy atom. The molecule has 2 fully saturated rings. The van der Waals surface area contributed by atoms with Crippen molar-refractivity contribution in [3.8, 4) is 0 Å². The summed E-state index contributed by atoms with van der Waals surface area (Å²) in [6.07, 6.45) is 2.19. The van der Waals surface area contributed by atoms with E-state index in [1.807, 2.05) is 30.3 Å². The molecule has 2 aliphatic heterocycles. The van der Waals surface area contributed by atoms with Crippen molar-refractivity contribution in [2.45, 2.75) is 45.2 Å². The quantitative estimate of drug-likeness (QED) is 0.257. The second-order valence-electron chi connectivity index (χ2n) is 11.5. The van der Waals surface area contributed by atoms with Crippen LogP contribution in [0.25, 0.3) is 10.9 Å². The number of aromatic amines is 1. The number of thiocarbonyl (C=S) groups is 1. The third-order valence-corrected chi connectivity index (χ3v) is 8.62. The number of fused-ring (bicyclic) bond motifs is 1. The molecule has 2 saturated heterocycles. The van der Waals surface area contributed by atoms with E-state index in [1.54, 1.807) is 0 Å². The molecule has 3 heterocycles. The van der Waals surface area contributed by atoms with Crippen LogP contribution in [0.15, 0.2) is 41.2 Å². The molecule has 1 amide bonds. The van der Waals surface area contributed by atoms with E-state index in [-0.39, 0.29) is 16.7 Å². The van der Waals surface area contributed by atoms with Gasteiger partial charge in [0.15, 0.2) is 10.8 Å². The smallest absolute Gasteiger partial charge is 0.275 e. The normalized spacial score (nSPS) is 16.7. The molecule has 12 heteroatoms. The molecule has 2 aromatic carbocycles. The van der Waals surface area contributed by atoms with Gasteiger partial charge in [-0.05, 0) is 80.2 Å². The number of nitrogens with one attached hydrogen (secondary N) is 4. The van der Waals surface area contributed by atoms with Crippen molar-refractivity contribution in [2.75, 3.05) is 46.2 Å². The Morgan fingerprint density at radius 1 is 1.10 bits per heavy atom. The summed E-state index contributed by atoms with van der Waals surface area (Å²) in [6.45, 7) is 9.91. The summed E-state index contributed by atoms with van der Waals surface area (Å²) in [4.78, 5) is 31.3. The maximum absolute atomic E-state index is 13.7. The zero-order chi connectivity index (χ0) is 29.7. The van der Waals surface area contributed by atoms with Crippen LogP contribution in [0.3, 0.4) is 0 Å². The van der Waals surface area contributed by atoms with Gasteiger partial charge < -0.3 is 20.7 Å². The summed E-state index contributed by atoms with van der Waals surface area (Å²) < 4.78 is 5.52. The average Bonchev–Trinajstić information content (AvgIpc) is 2.98. The van der Waals surface area contributed by atoms with E-state index < -0.39 is 5.91 Å². The van der Waals surface area contributed by atoms with Crippen LogP contribution in [-0.2, 0) is 24.1 Å². The van der Waals surface area contributed by atoms with Gasteiger partial charge in [0, 0.05) is 36.7 Å². The number of rotatable bonds is 10. The molecule has 224 valence electrons. The van der Waals surface area contributed by atoms with Gasteiger partial charge in [-0.3, -0.25) is 24.5 Å². The molecule has 0 spiro atoms. The highest BCUT2D eigenvalue weighted by Gasteiger charge is 2.29. The van der Waals surface area contributed by atoms with E-state index in [9.17, 15) is 9.59 Å². The van der Waals surface area contributed by atoms with Crippen LogP contribution in [0, 0.1) is 0 Å². The third kappa shape index (κ3) is 7.45. The van der Waals surface area contributed by atoms with Gasteiger partial charge >= 0.3 is 0 Å². The monoisotopic (exact) mass is 611 g/mol. The van der Waals surface area contributed by atoms with E-state index in [4.69, 9.17) is 28.6 Å². The van der Waals surface area contributed by atoms with Crippen molar-refractivity contribution >= 4 is 45.7 Å². The first-order valence-corrected chi connectivity index (χ1v) is 15.1. The molecule has 5 rings (SSSR count). The van der Waals surface area contributed by atoms with Crippen molar-refractivity contribution in [3.05, 3.63) is 74.0 Å². The Kier molecular flexibility index (Phi) is 9.74. The fourth-order valence-electron chi connectivity index (χ4n) is 5.36. The first-order chi connectivity index (χ1) is 20.2. The second kappa shape index (κ2) is 13.5. The number of hydrogen-bond donors (Lipinski definition) is 4. The highest BCUT2D eigenvalue weighted by atomic mass is 35.5. The SMILES string of the molecule is CC(C)(CCc1cc(CN2CCOCC2)cc2c(=O)c(C(=O)NCCc3ccc(Cl)cc3)n[nH]c12)N1CNC(=S)NC1. The van der Waals surface area contributed by atoms with Gasteiger partial charge in [-0.2, -0.15) is 5.10 Å². The van der Waals surface area contributed by atoms with Crippen LogP contribution in [0.5, 0.6) is 0 Å². The molecule has 10 nitrogen and oxygen atoms in total. The molecule has 0 aliphatic carbocycles. The number of amides is 1. The Labute approximate surface area is 256 Å². The van der Waals surface area contributed by atoms with E-state index in [1.165, 1.54) is 0 Å². The number of morpholine rings is 1. The van der Waals surface area contributed by atoms with Gasteiger partial charge in [0.2, 0.25) is 5.43 Å². The number of hydrogen-bond acceptors (Lipinski definition) is 7. The molecule has 0 unspecified atom stereocenters. The zero-order valence-corrected chi connectivity index (χ0v) is 25.7. The molecule has 1 aromatic heterocycles. The fourth-order valence-corrected chi connectivity index (χ4v) is 5.62. The minimum atomic E-state index is -0.489. The van der Waals surface area contributed by atoms with Crippen LogP contribution in [-0.4, -0.2) is 82.7 Å². The van der Waals surface area contributed by atoms with E-state index >= 15 is 0 Å².